The number of thiophene rings is 1. The number of H-pyrrole nitrogens is 2. The van der Waals surface area contributed by atoms with Crippen molar-refractivity contribution in [2.75, 3.05) is 5.32 Å². The van der Waals surface area contributed by atoms with Gasteiger partial charge in [-0.2, -0.15) is 5.10 Å². The van der Waals surface area contributed by atoms with Crippen LogP contribution >= 0.6 is 11.3 Å². The van der Waals surface area contributed by atoms with E-state index in [0.29, 0.717) is 16.3 Å². The summed E-state index contributed by atoms with van der Waals surface area (Å²) in [7, 11) is 0. The van der Waals surface area contributed by atoms with Gasteiger partial charge in [-0.1, -0.05) is 12.1 Å². The molecule has 0 bridgehead atoms. The summed E-state index contributed by atoms with van der Waals surface area (Å²) < 4.78 is 0.987. The maximum absolute atomic E-state index is 12.3. The van der Waals surface area contributed by atoms with Gasteiger partial charge in [0.05, 0.1) is 22.3 Å². The lowest BCUT2D eigenvalue weighted by molar-refractivity contribution is 0.0947. The number of anilines is 2. The zero-order chi connectivity index (χ0) is 22.2. The average molecular weight is 444 g/mol. The minimum absolute atomic E-state index is 0.0723. The van der Waals surface area contributed by atoms with Crippen LogP contribution in [-0.4, -0.2) is 27.1 Å². The Morgan fingerprint density at radius 1 is 1.00 bits per heavy atom. The number of carbonyl (C=O) groups excluding carboxylic acids is 1. The van der Waals surface area contributed by atoms with Crippen LogP contribution in [0.1, 0.15) is 23.5 Å². The molecule has 0 aliphatic rings. The summed E-state index contributed by atoms with van der Waals surface area (Å²) in [6.07, 6.45) is 1.76. The molecular weight excluding hydrogens is 422 g/mol. The first kappa shape index (κ1) is 20.0. The molecule has 0 radical (unpaired) electrons. The number of benzene rings is 2. The number of aromatic nitrogens is 3. The van der Waals surface area contributed by atoms with Crippen molar-refractivity contribution in [3.63, 3.8) is 0 Å². The molecule has 0 aliphatic heterocycles. The molecule has 3 aromatic heterocycles. The molecule has 0 unspecified atom stereocenters. The summed E-state index contributed by atoms with van der Waals surface area (Å²) in [4.78, 5) is 28.3. The van der Waals surface area contributed by atoms with E-state index >= 15 is 0 Å². The van der Waals surface area contributed by atoms with Gasteiger partial charge in [0.1, 0.15) is 0 Å². The van der Waals surface area contributed by atoms with Crippen LogP contribution in [0.4, 0.5) is 11.4 Å². The van der Waals surface area contributed by atoms with Crippen LogP contribution in [0.25, 0.3) is 32.2 Å². The van der Waals surface area contributed by atoms with Crippen molar-refractivity contribution >= 4 is 49.6 Å². The van der Waals surface area contributed by atoms with Gasteiger partial charge in [-0.25, -0.2) is 0 Å². The van der Waals surface area contributed by atoms with E-state index in [0.717, 1.165) is 32.2 Å². The Morgan fingerprint density at radius 3 is 2.72 bits per heavy atom. The normalized spacial score (nSPS) is 11.3. The first-order valence-corrected chi connectivity index (χ1v) is 11.1. The Labute approximate surface area is 187 Å². The number of hydrogen-bond acceptors (Lipinski definition) is 5. The van der Waals surface area contributed by atoms with E-state index in [1.807, 2.05) is 62.4 Å². The monoisotopic (exact) mass is 443 g/mol. The zero-order valence-electron chi connectivity index (χ0n) is 17.5. The molecule has 0 aliphatic carbocycles. The number of pyridine rings is 1. The van der Waals surface area contributed by atoms with Crippen LogP contribution in [0.15, 0.2) is 65.6 Å². The number of carbonyl (C=O) groups is 1. The molecule has 4 N–H and O–H groups in total. The van der Waals surface area contributed by atoms with Crippen molar-refractivity contribution in [3.05, 3.63) is 76.0 Å². The molecule has 32 heavy (non-hydrogen) atoms. The molecule has 2 aromatic carbocycles. The lowest BCUT2D eigenvalue weighted by Crippen LogP contribution is -2.29. The number of amides is 1. The van der Waals surface area contributed by atoms with Gasteiger partial charge in [0.15, 0.2) is 0 Å². The molecule has 8 heteroatoms. The summed E-state index contributed by atoms with van der Waals surface area (Å²) in [6.45, 7) is 3.88. The maximum atomic E-state index is 12.3. The summed E-state index contributed by atoms with van der Waals surface area (Å²) in [5, 5.41) is 15.2. The molecule has 0 fully saturated rings. The van der Waals surface area contributed by atoms with E-state index in [9.17, 15) is 9.59 Å². The van der Waals surface area contributed by atoms with E-state index in [-0.39, 0.29) is 17.5 Å². The number of nitrogens with one attached hydrogen (secondary N) is 4. The molecule has 1 amide bonds. The minimum atomic E-state index is -0.197. The van der Waals surface area contributed by atoms with Crippen molar-refractivity contribution in [1.82, 2.24) is 20.5 Å². The topological polar surface area (TPSA) is 103 Å². The first-order valence-electron chi connectivity index (χ1n) is 10.2. The second-order valence-corrected chi connectivity index (χ2v) is 9.02. The van der Waals surface area contributed by atoms with E-state index in [4.69, 9.17) is 0 Å². The maximum Gasteiger partial charge on any atom is 0.261 e. The van der Waals surface area contributed by atoms with E-state index < -0.39 is 0 Å². The van der Waals surface area contributed by atoms with Crippen molar-refractivity contribution in [2.45, 2.75) is 19.9 Å². The second kappa shape index (κ2) is 7.97. The molecule has 160 valence electrons. The van der Waals surface area contributed by atoms with E-state index in [1.54, 1.807) is 6.20 Å². The van der Waals surface area contributed by atoms with Crippen LogP contribution in [0.2, 0.25) is 0 Å². The largest absolute Gasteiger partial charge is 0.355 e. The smallest absolute Gasteiger partial charge is 0.261 e. The number of hydrogen-bond donors (Lipinski definition) is 4. The summed E-state index contributed by atoms with van der Waals surface area (Å²) in [5.74, 6) is -0.0723. The highest BCUT2D eigenvalue weighted by Crippen LogP contribution is 2.31. The lowest BCUT2D eigenvalue weighted by Gasteiger charge is -2.09. The molecule has 5 rings (SSSR count). The number of aromatic amines is 2. The molecule has 0 spiro atoms. The standard InChI is InChI=1S/C24H21N5O2S/c1-13(2)26-24(31)22-9-15-4-3-14(8-21(15)32-22)20-10-18(11-23(30)28-20)27-17-5-6-19-16(7-17)12-25-29-19/h3-13H,1-2H3,(H,25,29)(H,26,31)(H2,27,28,30). The Hall–Kier alpha value is -3.91. The van der Waals surface area contributed by atoms with Gasteiger partial charge in [-0.15, -0.1) is 11.3 Å². The molecule has 0 saturated carbocycles. The van der Waals surface area contributed by atoms with Crippen molar-refractivity contribution in [1.29, 1.82) is 0 Å². The van der Waals surface area contributed by atoms with Gasteiger partial charge in [0.2, 0.25) is 5.56 Å². The second-order valence-electron chi connectivity index (χ2n) is 7.94. The number of rotatable bonds is 5. The highest BCUT2D eigenvalue weighted by Gasteiger charge is 2.12. The summed E-state index contributed by atoms with van der Waals surface area (Å²) in [5.41, 5.74) is 3.89. The molecule has 0 atom stereocenters. The fourth-order valence-electron chi connectivity index (χ4n) is 3.60. The van der Waals surface area contributed by atoms with Crippen LogP contribution < -0.4 is 16.2 Å². The van der Waals surface area contributed by atoms with Gasteiger partial charge >= 0.3 is 0 Å². The van der Waals surface area contributed by atoms with E-state index in [2.05, 4.69) is 25.8 Å². The highest BCUT2D eigenvalue weighted by atomic mass is 32.1. The van der Waals surface area contributed by atoms with Gasteiger partial charge in [-0.3, -0.25) is 14.7 Å². The molecule has 5 aromatic rings. The van der Waals surface area contributed by atoms with Crippen LogP contribution in [0.3, 0.4) is 0 Å². The Bertz CT molecular complexity index is 1510. The number of fused-ring (bicyclic) bond motifs is 2. The predicted molar refractivity (Wildman–Crippen MR) is 130 cm³/mol. The van der Waals surface area contributed by atoms with Crippen molar-refractivity contribution < 1.29 is 4.79 Å². The van der Waals surface area contributed by atoms with Crippen LogP contribution in [0, 0.1) is 0 Å². The quantitative estimate of drug-likeness (QED) is 0.306. The van der Waals surface area contributed by atoms with Gasteiger partial charge in [0, 0.05) is 33.6 Å². The van der Waals surface area contributed by atoms with Gasteiger partial charge in [0.25, 0.3) is 5.91 Å². The third kappa shape index (κ3) is 4.00. The fraction of sp³-hybridized carbons (Fsp3) is 0.125. The minimum Gasteiger partial charge on any atom is -0.355 e. The lowest BCUT2D eigenvalue weighted by atomic mass is 10.1. The van der Waals surface area contributed by atoms with Crippen LogP contribution in [-0.2, 0) is 0 Å². The highest BCUT2D eigenvalue weighted by molar-refractivity contribution is 7.20. The van der Waals surface area contributed by atoms with Crippen molar-refractivity contribution in [2.24, 2.45) is 0 Å². The third-order valence-electron chi connectivity index (χ3n) is 5.05. The van der Waals surface area contributed by atoms with Crippen LogP contribution in [0.5, 0.6) is 0 Å². The van der Waals surface area contributed by atoms with Gasteiger partial charge < -0.3 is 15.6 Å². The molecule has 7 nitrogen and oxygen atoms in total. The summed E-state index contributed by atoms with van der Waals surface area (Å²) in [6, 6.07) is 17.2. The Morgan fingerprint density at radius 2 is 1.88 bits per heavy atom. The third-order valence-corrected chi connectivity index (χ3v) is 6.14. The van der Waals surface area contributed by atoms with E-state index in [1.165, 1.54) is 17.4 Å². The Kier molecular flexibility index (Phi) is 4.99. The Balaban J connectivity index is 1.46. The van der Waals surface area contributed by atoms with Crippen molar-refractivity contribution in [3.8, 4) is 11.3 Å². The SMILES string of the molecule is CC(C)NC(=O)c1cc2ccc(-c3cc(Nc4ccc5[nH]ncc5c4)cc(=O)[nH]3)cc2s1. The van der Waals surface area contributed by atoms with Gasteiger partial charge in [-0.05, 0) is 61.2 Å². The average Bonchev–Trinajstić information content (AvgIpc) is 3.38. The molecular formula is C24H21N5O2S. The first-order chi connectivity index (χ1) is 15.4. The number of nitrogens with zero attached hydrogens (tertiary/aromatic N) is 1. The predicted octanol–water partition coefficient (Wildman–Crippen LogP) is 5.01. The fourth-order valence-corrected chi connectivity index (χ4v) is 4.61. The summed E-state index contributed by atoms with van der Waals surface area (Å²) >= 11 is 1.44. The zero-order valence-corrected chi connectivity index (χ0v) is 18.3. The molecule has 0 saturated heterocycles. The molecule has 3 heterocycles.